The molecule has 1 aliphatic heterocycles. The summed E-state index contributed by atoms with van der Waals surface area (Å²) in [5, 5.41) is 27.7. The van der Waals surface area contributed by atoms with Crippen LogP contribution < -0.4 is 10.0 Å². The SMILES string of the molecule is CC(F)(F)c1ccc(N2CC3C(CO)C3C2)c(-c2nnn[nH]2)c1S(N)(=O)=O. The second kappa shape index (κ2) is 5.91. The molecule has 2 heterocycles. The topological polar surface area (TPSA) is 138 Å². The van der Waals surface area contributed by atoms with Gasteiger partial charge in [-0.25, -0.2) is 27.4 Å². The van der Waals surface area contributed by atoms with Crippen LogP contribution in [0.1, 0.15) is 12.5 Å². The molecule has 2 aliphatic rings. The van der Waals surface area contributed by atoms with Crippen LogP contribution in [0.4, 0.5) is 14.5 Å². The average molecular weight is 400 g/mol. The molecule has 27 heavy (non-hydrogen) atoms. The number of nitrogens with one attached hydrogen (secondary N) is 1. The summed E-state index contributed by atoms with van der Waals surface area (Å²) in [4.78, 5) is 1.20. The van der Waals surface area contributed by atoms with Crippen molar-refractivity contribution < 1.29 is 22.3 Å². The van der Waals surface area contributed by atoms with E-state index in [1.54, 1.807) is 0 Å². The fraction of sp³-hybridized carbons (Fsp3) is 0.533. The molecule has 2 aromatic rings. The minimum absolute atomic E-state index is 0.0561. The van der Waals surface area contributed by atoms with Gasteiger partial charge in [-0.1, -0.05) is 0 Å². The van der Waals surface area contributed by atoms with Gasteiger partial charge in [-0.3, -0.25) is 0 Å². The van der Waals surface area contributed by atoms with E-state index in [2.05, 4.69) is 20.6 Å². The number of aromatic nitrogens is 4. The Morgan fingerprint density at radius 2 is 2.04 bits per heavy atom. The van der Waals surface area contributed by atoms with Gasteiger partial charge in [0, 0.05) is 37.9 Å². The first-order chi connectivity index (χ1) is 12.6. The van der Waals surface area contributed by atoms with E-state index in [0.29, 0.717) is 37.5 Å². The summed E-state index contributed by atoms with van der Waals surface area (Å²) in [6.07, 6.45) is 0. The molecular weight excluding hydrogens is 382 g/mol. The number of anilines is 1. The number of aliphatic hydroxyl groups is 1. The lowest BCUT2D eigenvalue weighted by molar-refractivity contribution is 0.0145. The molecule has 0 amide bonds. The van der Waals surface area contributed by atoms with Crippen molar-refractivity contribution in [2.24, 2.45) is 22.9 Å². The number of H-pyrrole nitrogens is 1. The van der Waals surface area contributed by atoms with Crippen LogP contribution in [0.25, 0.3) is 11.4 Å². The van der Waals surface area contributed by atoms with E-state index in [9.17, 15) is 22.3 Å². The number of benzene rings is 1. The Morgan fingerprint density at radius 3 is 2.52 bits per heavy atom. The second-order valence-electron chi connectivity index (χ2n) is 7.10. The Hall–Kier alpha value is -2.18. The van der Waals surface area contributed by atoms with Crippen molar-refractivity contribution in [2.45, 2.75) is 17.7 Å². The Kier molecular flexibility index (Phi) is 3.98. The number of piperidine rings is 1. The number of tetrazole rings is 1. The van der Waals surface area contributed by atoms with Crippen molar-refractivity contribution in [1.82, 2.24) is 20.6 Å². The molecule has 4 N–H and O–H groups in total. The van der Waals surface area contributed by atoms with E-state index >= 15 is 0 Å². The van der Waals surface area contributed by atoms with E-state index < -0.39 is 26.4 Å². The molecule has 1 aromatic carbocycles. The highest BCUT2D eigenvalue weighted by molar-refractivity contribution is 7.89. The van der Waals surface area contributed by atoms with Crippen molar-refractivity contribution >= 4 is 15.7 Å². The lowest BCUT2D eigenvalue weighted by Crippen LogP contribution is -2.28. The predicted octanol–water partition coefficient (Wildman–Crippen LogP) is 0.300. The van der Waals surface area contributed by atoms with Crippen LogP contribution in [0.2, 0.25) is 0 Å². The fourth-order valence-corrected chi connectivity index (χ4v) is 5.13. The normalized spacial score (nSPS) is 24.9. The molecule has 1 saturated heterocycles. The summed E-state index contributed by atoms with van der Waals surface area (Å²) >= 11 is 0. The van der Waals surface area contributed by atoms with Gasteiger partial charge in [-0.15, -0.1) is 5.10 Å². The predicted molar refractivity (Wildman–Crippen MR) is 90.3 cm³/mol. The number of sulfonamides is 1. The number of hydrogen-bond acceptors (Lipinski definition) is 7. The summed E-state index contributed by atoms with van der Waals surface area (Å²) in [5.74, 6) is -2.67. The number of fused-ring (bicyclic) bond motifs is 1. The molecule has 1 aromatic heterocycles. The van der Waals surface area contributed by atoms with Gasteiger partial charge in [0.1, 0.15) is 4.90 Å². The molecule has 1 saturated carbocycles. The van der Waals surface area contributed by atoms with Crippen molar-refractivity contribution in [3.05, 3.63) is 17.7 Å². The van der Waals surface area contributed by atoms with Crippen LogP contribution in [-0.2, 0) is 15.9 Å². The molecule has 12 heteroatoms. The van der Waals surface area contributed by atoms with Crippen LogP contribution >= 0.6 is 0 Å². The molecular formula is C15H18F2N6O3S. The van der Waals surface area contributed by atoms with Crippen LogP contribution in [-0.4, -0.2) is 53.8 Å². The highest BCUT2D eigenvalue weighted by Crippen LogP contribution is 2.53. The molecule has 2 unspecified atom stereocenters. The average Bonchev–Trinajstić information content (AvgIpc) is 3.00. The minimum atomic E-state index is -4.51. The Morgan fingerprint density at radius 1 is 1.37 bits per heavy atom. The Balaban J connectivity index is 1.91. The summed E-state index contributed by atoms with van der Waals surface area (Å²) in [6.45, 7) is 1.87. The zero-order valence-electron chi connectivity index (χ0n) is 14.3. The van der Waals surface area contributed by atoms with Gasteiger partial charge in [0.15, 0.2) is 5.82 Å². The highest BCUT2D eigenvalue weighted by atomic mass is 32.2. The molecule has 1 aliphatic carbocycles. The maximum atomic E-state index is 14.1. The fourth-order valence-electron chi connectivity index (χ4n) is 4.09. The van der Waals surface area contributed by atoms with E-state index in [-0.39, 0.29) is 23.9 Å². The summed E-state index contributed by atoms with van der Waals surface area (Å²) in [6, 6.07) is 2.52. The van der Waals surface area contributed by atoms with Gasteiger partial charge in [-0.2, -0.15) is 0 Å². The number of hydrogen-bond donors (Lipinski definition) is 3. The number of nitrogens with two attached hydrogens (primary N) is 1. The lowest BCUT2D eigenvalue weighted by Gasteiger charge is -2.27. The van der Waals surface area contributed by atoms with Crippen LogP contribution in [0, 0.1) is 17.8 Å². The second-order valence-corrected chi connectivity index (χ2v) is 8.60. The van der Waals surface area contributed by atoms with Crippen LogP contribution in [0.15, 0.2) is 17.0 Å². The van der Waals surface area contributed by atoms with Gasteiger partial charge in [0.2, 0.25) is 10.0 Å². The van der Waals surface area contributed by atoms with E-state index in [1.807, 2.05) is 4.90 Å². The third-order valence-corrected chi connectivity index (χ3v) is 6.39. The van der Waals surface area contributed by atoms with Crippen molar-refractivity contribution in [1.29, 1.82) is 0 Å². The number of alkyl halides is 2. The van der Waals surface area contributed by atoms with E-state index in [4.69, 9.17) is 5.14 Å². The van der Waals surface area contributed by atoms with Crippen LogP contribution in [0.3, 0.4) is 0 Å². The molecule has 2 atom stereocenters. The zero-order valence-corrected chi connectivity index (χ0v) is 15.1. The Bertz CT molecular complexity index is 964. The summed E-state index contributed by atoms with van der Waals surface area (Å²) in [7, 11) is -4.51. The number of nitrogens with zero attached hydrogens (tertiary/aromatic N) is 4. The first kappa shape index (κ1) is 18.2. The number of primary sulfonamides is 1. The summed E-state index contributed by atoms with van der Waals surface area (Å²) in [5.41, 5.74) is -0.365. The van der Waals surface area contributed by atoms with E-state index in [0.717, 1.165) is 6.07 Å². The third kappa shape index (κ3) is 2.97. The maximum absolute atomic E-state index is 14.1. The first-order valence-corrected chi connectivity index (χ1v) is 9.85. The number of rotatable bonds is 5. The first-order valence-electron chi connectivity index (χ1n) is 8.31. The van der Waals surface area contributed by atoms with Gasteiger partial charge < -0.3 is 10.0 Å². The van der Waals surface area contributed by atoms with Crippen molar-refractivity contribution in [3.63, 3.8) is 0 Å². The van der Waals surface area contributed by atoms with E-state index in [1.165, 1.54) is 6.07 Å². The van der Waals surface area contributed by atoms with Crippen molar-refractivity contribution in [2.75, 3.05) is 24.6 Å². The number of aromatic amines is 1. The lowest BCUT2D eigenvalue weighted by atomic mass is 10.0. The monoisotopic (exact) mass is 400 g/mol. The quantitative estimate of drug-likeness (QED) is 0.656. The molecule has 2 fully saturated rings. The molecule has 4 rings (SSSR count). The molecule has 0 spiro atoms. The van der Waals surface area contributed by atoms with Gasteiger partial charge in [-0.05, 0) is 40.3 Å². The molecule has 0 bridgehead atoms. The third-order valence-electron chi connectivity index (χ3n) is 5.40. The van der Waals surface area contributed by atoms with Gasteiger partial charge in [0.05, 0.1) is 5.56 Å². The number of halogens is 2. The Labute approximate surface area is 153 Å². The molecule has 146 valence electrons. The van der Waals surface area contributed by atoms with Gasteiger partial charge in [0.25, 0.3) is 5.92 Å². The molecule has 9 nitrogen and oxygen atoms in total. The standard InChI is InChI=1S/C15H18F2N6O3S/c1-15(16,17)10-2-3-11(23-4-7-8(5-23)9(7)6-24)12(13(10)27(18,25)26)14-19-21-22-20-14/h2-3,7-9,24H,4-6H2,1H3,(H2,18,25,26)(H,19,20,21,22). The van der Waals surface area contributed by atoms with Crippen molar-refractivity contribution in [3.8, 4) is 11.4 Å². The van der Waals surface area contributed by atoms with Gasteiger partial charge >= 0.3 is 0 Å². The number of aliphatic hydroxyl groups excluding tert-OH is 1. The smallest absolute Gasteiger partial charge is 0.271 e. The molecule has 0 radical (unpaired) electrons. The largest absolute Gasteiger partial charge is 0.396 e. The van der Waals surface area contributed by atoms with Crippen LogP contribution in [0.5, 0.6) is 0 Å². The highest BCUT2D eigenvalue weighted by Gasteiger charge is 2.55. The minimum Gasteiger partial charge on any atom is -0.396 e. The maximum Gasteiger partial charge on any atom is 0.271 e. The summed E-state index contributed by atoms with van der Waals surface area (Å²) < 4.78 is 52.8. The zero-order chi connectivity index (χ0) is 19.6.